The Labute approximate surface area is 151 Å². The van der Waals surface area contributed by atoms with Gasteiger partial charge in [-0.1, -0.05) is 30.3 Å². The number of benzene rings is 3. The van der Waals surface area contributed by atoms with Gasteiger partial charge in [0.15, 0.2) is 0 Å². The highest BCUT2D eigenvalue weighted by molar-refractivity contribution is 6.34. The van der Waals surface area contributed by atoms with E-state index in [2.05, 4.69) is 5.32 Å². The largest absolute Gasteiger partial charge is 0.497 e. The summed E-state index contributed by atoms with van der Waals surface area (Å²) in [6, 6.07) is 22.7. The van der Waals surface area contributed by atoms with Crippen molar-refractivity contribution in [1.82, 2.24) is 0 Å². The van der Waals surface area contributed by atoms with Crippen LogP contribution in [-0.4, -0.2) is 13.0 Å². The number of fused-ring (bicyclic) bond motifs is 1. The highest BCUT2D eigenvalue weighted by Gasteiger charge is 2.23. The second-order valence-corrected chi connectivity index (χ2v) is 5.91. The molecule has 3 aromatic rings. The van der Waals surface area contributed by atoms with Crippen molar-refractivity contribution in [1.29, 1.82) is 0 Å². The van der Waals surface area contributed by atoms with Gasteiger partial charge in [0.05, 0.1) is 7.11 Å². The minimum absolute atomic E-state index is 0.0901. The van der Waals surface area contributed by atoms with Gasteiger partial charge in [-0.05, 0) is 54.1 Å². The smallest absolute Gasteiger partial charge is 0.256 e. The average Bonchev–Trinajstić information content (AvgIpc) is 2.98. The van der Waals surface area contributed by atoms with Crippen molar-refractivity contribution in [2.75, 3.05) is 12.4 Å². The Morgan fingerprint density at radius 3 is 2.42 bits per heavy atom. The summed E-state index contributed by atoms with van der Waals surface area (Å²) in [5.41, 5.74) is 3.31. The number of amides is 1. The summed E-state index contributed by atoms with van der Waals surface area (Å²) in [5, 5.41) is 2.88. The number of hydrogen-bond acceptors (Lipinski definition) is 3. The van der Waals surface area contributed by atoms with Crippen molar-refractivity contribution >= 4 is 23.2 Å². The number of methoxy groups -OCH3 is 1. The molecular formula is C22H17NO3. The van der Waals surface area contributed by atoms with E-state index in [1.54, 1.807) is 7.11 Å². The third-order valence-corrected chi connectivity index (χ3v) is 4.17. The van der Waals surface area contributed by atoms with E-state index in [0.717, 1.165) is 28.3 Å². The summed E-state index contributed by atoms with van der Waals surface area (Å²) >= 11 is 0. The lowest BCUT2D eigenvalue weighted by atomic mass is 10.0. The maximum absolute atomic E-state index is 12.2. The normalized spacial score (nSPS) is 14.0. The first kappa shape index (κ1) is 16.0. The van der Waals surface area contributed by atoms with Crippen molar-refractivity contribution in [2.24, 2.45) is 0 Å². The van der Waals surface area contributed by atoms with Crippen LogP contribution in [0.4, 0.5) is 5.69 Å². The summed E-state index contributed by atoms with van der Waals surface area (Å²) in [7, 11) is 1.63. The molecule has 0 saturated heterocycles. The summed E-state index contributed by atoms with van der Waals surface area (Å²) < 4.78 is 11.0. The molecule has 1 heterocycles. The second-order valence-electron chi connectivity index (χ2n) is 5.91. The molecule has 0 spiro atoms. The van der Waals surface area contributed by atoms with Crippen LogP contribution in [0.25, 0.3) is 11.6 Å². The first-order valence-corrected chi connectivity index (χ1v) is 8.27. The van der Waals surface area contributed by atoms with E-state index in [9.17, 15) is 4.79 Å². The molecule has 3 aromatic carbocycles. The molecule has 4 heteroatoms. The topological polar surface area (TPSA) is 47.6 Å². The fourth-order valence-electron chi connectivity index (χ4n) is 2.90. The predicted molar refractivity (Wildman–Crippen MR) is 102 cm³/mol. The average molecular weight is 343 g/mol. The molecule has 0 atom stereocenters. The van der Waals surface area contributed by atoms with Crippen molar-refractivity contribution in [2.45, 2.75) is 0 Å². The fourth-order valence-corrected chi connectivity index (χ4v) is 2.90. The molecule has 0 bridgehead atoms. The Balaban J connectivity index is 1.61. The zero-order valence-corrected chi connectivity index (χ0v) is 14.2. The molecular weight excluding hydrogens is 326 g/mol. The predicted octanol–water partition coefficient (Wildman–Crippen LogP) is 4.98. The first-order valence-electron chi connectivity index (χ1n) is 8.27. The Morgan fingerprint density at radius 1 is 0.846 bits per heavy atom. The minimum Gasteiger partial charge on any atom is -0.497 e. The number of para-hydroxylation sites is 1. The maximum Gasteiger partial charge on any atom is 0.256 e. The molecule has 0 saturated carbocycles. The molecule has 128 valence electrons. The van der Waals surface area contributed by atoms with E-state index in [-0.39, 0.29) is 5.91 Å². The van der Waals surface area contributed by atoms with Crippen LogP contribution in [0.15, 0.2) is 72.8 Å². The number of rotatable bonds is 4. The molecule has 26 heavy (non-hydrogen) atoms. The lowest BCUT2D eigenvalue weighted by molar-refractivity contribution is -0.110. The molecule has 0 aliphatic carbocycles. The van der Waals surface area contributed by atoms with E-state index >= 15 is 0 Å². The number of nitrogens with one attached hydrogen (secondary N) is 1. The van der Waals surface area contributed by atoms with Crippen molar-refractivity contribution in [3.63, 3.8) is 0 Å². The van der Waals surface area contributed by atoms with Crippen LogP contribution in [0.2, 0.25) is 0 Å². The van der Waals surface area contributed by atoms with Gasteiger partial charge >= 0.3 is 0 Å². The van der Waals surface area contributed by atoms with Crippen LogP contribution in [-0.2, 0) is 4.79 Å². The van der Waals surface area contributed by atoms with E-state index in [4.69, 9.17) is 9.47 Å². The van der Waals surface area contributed by atoms with Gasteiger partial charge in [0.1, 0.15) is 17.2 Å². The molecule has 0 radical (unpaired) electrons. The van der Waals surface area contributed by atoms with Gasteiger partial charge in [-0.2, -0.15) is 0 Å². The van der Waals surface area contributed by atoms with Crippen molar-refractivity contribution in [3.05, 3.63) is 83.9 Å². The fraction of sp³-hybridized carbons (Fsp3) is 0.0455. The number of ether oxygens (including phenoxy) is 2. The van der Waals surface area contributed by atoms with Crippen LogP contribution in [0.5, 0.6) is 17.2 Å². The van der Waals surface area contributed by atoms with Crippen LogP contribution >= 0.6 is 0 Å². The quantitative estimate of drug-likeness (QED) is 0.680. The summed E-state index contributed by atoms with van der Waals surface area (Å²) in [6.07, 6.45) is 1.88. The van der Waals surface area contributed by atoms with Crippen LogP contribution in [0, 0.1) is 0 Å². The van der Waals surface area contributed by atoms with E-state index < -0.39 is 0 Å². The standard InChI is InChI=1S/C22H17NO3/c1-25-16-9-11-17(12-10-16)26-18-6-4-5-15(13-18)14-20-19-7-2-3-8-21(19)23-22(20)24/h2-14H,1H3,(H,23,24)/b20-14+. The molecule has 1 aliphatic rings. The summed E-state index contributed by atoms with van der Waals surface area (Å²) in [6.45, 7) is 0. The summed E-state index contributed by atoms with van der Waals surface area (Å²) in [5.74, 6) is 2.12. The first-order chi connectivity index (χ1) is 12.7. The van der Waals surface area contributed by atoms with Gasteiger partial charge in [-0.3, -0.25) is 4.79 Å². The molecule has 0 fully saturated rings. The lowest BCUT2D eigenvalue weighted by Crippen LogP contribution is -2.03. The third kappa shape index (κ3) is 3.17. The second kappa shape index (κ2) is 6.76. The Morgan fingerprint density at radius 2 is 1.62 bits per heavy atom. The zero-order chi connectivity index (χ0) is 17.9. The number of anilines is 1. The molecule has 1 amide bonds. The van der Waals surface area contributed by atoms with Gasteiger partial charge in [-0.15, -0.1) is 0 Å². The number of hydrogen-bond donors (Lipinski definition) is 1. The monoisotopic (exact) mass is 343 g/mol. The number of carbonyl (C=O) groups excluding carboxylic acids is 1. The Kier molecular flexibility index (Phi) is 4.15. The molecule has 0 aromatic heterocycles. The van der Waals surface area contributed by atoms with Gasteiger partial charge < -0.3 is 14.8 Å². The number of carbonyl (C=O) groups is 1. The minimum atomic E-state index is -0.0901. The van der Waals surface area contributed by atoms with E-state index in [0.29, 0.717) is 11.3 Å². The highest BCUT2D eigenvalue weighted by atomic mass is 16.5. The van der Waals surface area contributed by atoms with Gasteiger partial charge in [0.2, 0.25) is 0 Å². The zero-order valence-electron chi connectivity index (χ0n) is 14.2. The van der Waals surface area contributed by atoms with Crippen molar-refractivity contribution in [3.8, 4) is 17.2 Å². The molecule has 4 rings (SSSR count). The SMILES string of the molecule is COc1ccc(Oc2cccc(/C=C3/C(=O)Nc4ccccc43)c2)cc1. The van der Waals surface area contributed by atoms with E-state index in [1.807, 2.05) is 78.9 Å². The third-order valence-electron chi connectivity index (χ3n) is 4.17. The molecule has 4 nitrogen and oxygen atoms in total. The highest BCUT2D eigenvalue weighted by Crippen LogP contribution is 2.33. The van der Waals surface area contributed by atoms with Crippen LogP contribution in [0.1, 0.15) is 11.1 Å². The van der Waals surface area contributed by atoms with Crippen molar-refractivity contribution < 1.29 is 14.3 Å². The Bertz CT molecular complexity index is 990. The lowest BCUT2D eigenvalue weighted by Gasteiger charge is -2.07. The van der Waals surface area contributed by atoms with Gasteiger partial charge in [0, 0.05) is 16.8 Å². The van der Waals surface area contributed by atoms with Gasteiger partial charge in [-0.25, -0.2) is 0 Å². The van der Waals surface area contributed by atoms with Crippen LogP contribution < -0.4 is 14.8 Å². The molecule has 0 unspecified atom stereocenters. The van der Waals surface area contributed by atoms with Gasteiger partial charge in [0.25, 0.3) is 5.91 Å². The Hall–Kier alpha value is -3.53. The summed E-state index contributed by atoms with van der Waals surface area (Å²) in [4.78, 5) is 12.2. The molecule has 1 N–H and O–H groups in total. The van der Waals surface area contributed by atoms with Crippen LogP contribution in [0.3, 0.4) is 0 Å². The maximum atomic E-state index is 12.2. The molecule has 1 aliphatic heterocycles. The van der Waals surface area contributed by atoms with E-state index in [1.165, 1.54) is 0 Å².